The van der Waals surface area contributed by atoms with Crippen molar-refractivity contribution in [3.8, 4) is 5.75 Å². The minimum absolute atomic E-state index is 0.247. The molecular weight excluding hydrogens is 385 g/mol. The maximum absolute atomic E-state index is 13.2. The largest absolute Gasteiger partial charge is 0.495 e. The van der Waals surface area contributed by atoms with E-state index in [0.717, 1.165) is 17.0 Å². The summed E-state index contributed by atoms with van der Waals surface area (Å²) in [5.41, 5.74) is 3.82. The molecule has 0 unspecified atom stereocenters. The molecule has 0 aliphatic carbocycles. The van der Waals surface area contributed by atoms with Crippen molar-refractivity contribution >= 4 is 17.6 Å². The van der Waals surface area contributed by atoms with Gasteiger partial charge in [0, 0.05) is 23.9 Å². The first-order valence-corrected chi connectivity index (χ1v) is 9.39. The van der Waals surface area contributed by atoms with Gasteiger partial charge in [0.05, 0.1) is 25.0 Å². The zero-order valence-corrected chi connectivity index (χ0v) is 17.4. The van der Waals surface area contributed by atoms with Crippen LogP contribution in [0.1, 0.15) is 27.3 Å². The molecule has 0 radical (unpaired) electrons. The molecule has 30 heavy (non-hydrogen) atoms. The van der Waals surface area contributed by atoms with Crippen LogP contribution < -0.4 is 15.4 Å². The van der Waals surface area contributed by atoms with Gasteiger partial charge in [-0.15, -0.1) is 0 Å². The molecule has 3 rings (SSSR count). The summed E-state index contributed by atoms with van der Waals surface area (Å²) in [6, 6.07) is 12.6. The molecule has 0 atom stereocenters. The van der Waals surface area contributed by atoms with Gasteiger partial charge in [0.15, 0.2) is 0 Å². The van der Waals surface area contributed by atoms with Gasteiger partial charge in [0.2, 0.25) is 5.96 Å². The van der Waals surface area contributed by atoms with Crippen molar-refractivity contribution in [2.24, 2.45) is 12.0 Å². The van der Waals surface area contributed by atoms with Crippen molar-refractivity contribution in [2.45, 2.75) is 20.4 Å². The summed E-state index contributed by atoms with van der Waals surface area (Å²) < 4.78 is 20.3. The third-order valence-corrected chi connectivity index (χ3v) is 4.75. The zero-order chi connectivity index (χ0) is 21.7. The molecule has 3 aromatic rings. The molecule has 2 N–H and O–H groups in total. The van der Waals surface area contributed by atoms with Crippen LogP contribution in [0.25, 0.3) is 0 Å². The van der Waals surface area contributed by atoms with Gasteiger partial charge in [-0.05, 0) is 50.2 Å². The molecule has 1 aromatic heterocycles. The minimum Gasteiger partial charge on any atom is -0.495 e. The monoisotopic (exact) mass is 409 g/mol. The quantitative estimate of drug-likeness (QED) is 0.499. The molecule has 8 heteroatoms. The highest BCUT2D eigenvalue weighted by Gasteiger charge is 2.13. The van der Waals surface area contributed by atoms with Crippen molar-refractivity contribution in [2.75, 3.05) is 12.4 Å². The number of aromatic nitrogens is 2. The first-order chi connectivity index (χ1) is 14.4. The second-order valence-corrected chi connectivity index (χ2v) is 6.72. The number of nitrogens with one attached hydrogen (secondary N) is 2. The first-order valence-electron chi connectivity index (χ1n) is 9.39. The van der Waals surface area contributed by atoms with Crippen LogP contribution in [0.4, 0.5) is 10.1 Å². The van der Waals surface area contributed by atoms with E-state index in [2.05, 4.69) is 20.7 Å². The Morgan fingerprint density at radius 1 is 1.17 bits per heavy atom. The Hall–Kier alpha value is -3.68. The highest BCUT2D eigenvalue weighted by atomic mass is 19.1. The number of amides is 1. The van der Waals surface area contributed by atoms with Crippen LogP contribution in [-0.4, -0.2) is 28.8 Å². The number of guanidine groups is 1. The molecule has 0 aliphatic rings. The van der Waals surface area contributed by atoms with Gasteiger partial charge >= 0.3 is 0 Å². The lowest BCUT2D eigenvalue weighted by Crippen LogP contribution is -2.36. The third kappa shape index (κ3) is 4.83. The van der Waals surface area contributed by atoms with Crippen molar-refractivity contribution < 1.29 is 13.9 Å². The average Bonchev–Trinajstić information content (AvgIpc) is 2.98. The fourth-order valence-corrected chi connectivity index (χ4v) is 2.97. The molecular formula is C22H24FN5O2. The number of halogens is 1. The van der Waals surface area contributed by atoms with Crippen LogP contribution in [0.5, 0.6) is 5.75 Å². The van der Waals surface area contributed by atoms with Crippen molar-refractivity contribution in [3.05, 3.63) is 76.9 Å². The average molecular weight is 409 g/mol. The van der Waals surface area contributed by atoms with Crippen LogP contribution in [0.2, 0.25) is 0 Å². The number of hydrogen-bond acceptors (Lipinski definition) is 4. The number of aryl methyl sites for hydroxylation is 2. The Bertz CT molecular complexity index is 1070. The summed E-state index contributed by atoms with van der Waals surface area (Å²) >= 11 is 0. The highest BCUT2D eigenvalue weighted by molar-refractivity contribution is 6.10. The van der Waals surface area contributed by atoms with E-state index in [1.165, 1.54) is 24.3 Å². The van der Waals surface area contributed by atoms with Gasteiger partial charge in [-0.1, -0.05) is 12.1 Å². The summed E-state index contributed by atoms with van der Waals surface area (Å²) in [5.74, 6) is 0.0392. The smallest absolute Gasteiger partial charge is 0.257 e. The summed E-state index contributed by atoms with van der Waals surface area (Å²) in [4.78, 5) is 17.2. The van der Waals surface area contributed by atoms with Crippen LogP contribution >= 0.6 is 0 Å². The van der Waals surface area contributed by atoms with E-state index in [4.69, 9.17) is 4.74 Å². The van der Waals surface area contributed by atoms with Crippen LogP contribution in [0.3, 0.4) is 0 Å². The van der Waals surface area contributed by atoms with Gasteiger partial charge in [-0.25, -0.2) is 9.38 Å². The number of rotatable bonds is 5. The lowest BCUT2D eigenvalue weighted by atomic mass is 10.2. The molecule has 156 valence electrons. The van der Waals surface area contributed by atoms with E-state index in [-0.39, 0.29) is 5.96 Å². The fraction of sp³-hybridized carbons (Fsp3) is 0.227. The number of aliphatic imine (C=N–C) groups is 1. The standard InChI is InChI=1S/C22H24FN5O2/c1-14-18(15(2)28(3)27-14)13-24-22(25-19-7-5-6-8-20(19)30-4)26-21(29)16-9-11-17(23)12-10-16/h5-12H,13H2,1-4H3,(H2,24,25,26,29). The lowest BCUT2D eigenvalue weighted by Gasteiger charge is -2.14. The predicted octanol–water partition coefficient (Wildman–Crippen LogP) is 3.58. The van der Waals surface area contributed by atoms with E-state index >= 15 is 0 Å². The van der Waals surface area contributed by atoms with Gasteiger partial charge in [0.1, 0.15) is 11.6 Å². The van der Waals surface area contributed by atoms with E-state index in [0.29, 0.717) is 23.5 Å². The Labute approximate surface area is 174 Å². The fourth-order valence-electron chi connectivity index (χ4n) is 2.97. The molecule has 1 heterocycles. The van der Waals surface area contributed by atoms with E-state index < -0.39 is 11.7 Å². The summed E-state index contributed by atoms with van der Waals surface area (Å²) in [6.45, 7) is 4.21. The number of methoxy groups -OCH3 is 1. The zero-order valence-electron chi connectivity index (χ0n) is 17.4. The van der Waals surface area contributed by atoms with E-state index in [9.17, 15) is 9.18 Å². The topological polar surface area (TPSA) is 80.5 Å². The van der Waals surface area contributed by atoms with Gasteiger partial charge in [-0.2, -0.15) is 5.10 Å². The van der Waals surface area contributed by atoms with Crippen LogP contribution in [0, 0.1) is 19.7 Å². The Morgan fingerprint density at radius 3 is 2.50 bits per heavy atom. The molecule has 0 spiro atoms. The normalized spacial score (nSPS) is 11.3. The Kier molecular flexibility index (Phi) is 6.46. The molecule has 0 saturated heterocycles. The highest BCUT2D eigenvalue weighted by Crippen LogP contribution is 2.23. The summed E-state index contributed by atoms with van der Waals surface area (Å²) in [6.07, 6.45) is 0. The first kappa shape index (κ1) is 21.0. The molecule has 2 aromatic carbocycles. The number of anilines is 1. The number of carbonyl (C=O) groups excluding carboxylic acids is 1. The van der Waals surface area contributed by atoms with Crippen molar-refractivity contribution in [1.82, 2.24) is 15.1 Å². The van der Waals surface area contributed by atoms with Crippen LogP contribution in [-0.2, 0) is 13.6 Å². The van der Waals surface area contributed by atoms with Crippen LogP contribution in [0.15, 0.2) is 53.5 Å². The number of para-hydroxylation sites is 2. The van der Waals surface area contributed by atoms with Gasteiger partial charge in [-0.3, -0.25) is 14.8 Å². The predicted molar refractivity (Wildman–Crippen MR) is 114 cm³/mol. The number of nitrogens with zero attached hydrogens (tertiary/aromatic N) is 3. The molecule has 7 nitrogen and oxygen atoms in total. The van der Waals surface area contributed by atoms with Gasteiger partial charge < -0.3 is 10.1 Å². The molecule has 0 aliphatic heterocycles. The summed E-state index contributed by atoms with van der Waals surface area (Å²) in [7, 11) is 3.44. The number of ether oxygens (including phenoxy) is 1. The number of carbonyl (C=O) groups is 1. The van der Waals surface area contributed by atoms with Gasteiger partial charge in [0.25, 0.3) is 5.91 Å². The van der Waals surface area contributed by atoms with Crippen molar-refractivity contribution in [1.29, 1.82) is 0 Å². The maximum atomic E-state index is 13.2. The molecule has 0 fully saturated rings. The molecule has 1 amide bonds. The number of benzene rings is 2. The SMILES string of the molecule is COc1ccccc1NC(=NCc1c(C)nn(C)c1C)NC(=O)c1ccc(F)cc1. The number of hydrogen-bond donors (Lipinski definition) is 2. The summed E-state index contributed by atoms with van der Waals surface area (Å²) in [5, 5.41) is 10.3. The van der Waals surface area contributed by atoms with Crippen molar-refractivity contribution in [3.63, 3.8) is 0 Å². The van der Waals surface area contributed by atoms with E-state index in [1.54, 1.807) is 17.9 Å². The van der Waals surface area contributed by atoms with E-state index in [1.807, 2.05) is 39.1 Å². The second kappa shape index (κ2) is 9.21. The third-order valence-electron chi connectivity index (χ3n) is 4.75. The Morgan fingerprint density at radius 2 is 1.87 bits per heavy atom. The minimum atomic E-state index is -0.407. The molecule has 0 saturated carbocycles. The molecule has 0 bridgehead atoms. The Balaban J connectivity index is 1.89. The maximum Gasteiger partial charge on any atom is 0.257 e. The lowest BCUT2D eigenvalue weighted by molar-refractivity contribution is 0.0977. The second-order valence-electron chi connectivity index (χ2n) is 6.72.